The molecule has 0 bridgehead atoms. The van der Waals surface area contributed by atoms with Crippen molar-refractivity contribution >= 4 is 17.5 Å². The van der Waals surface area contributed by atoms with Crippen LogP contribution in [0.3, 0.4) is 0 Å². The number of nitrogens with zero attached hydrogens (tertiary/aromatic N) is 1. The molecule has 0 aliphatic rings. The second-order valence-electron chi connectivity index (χ2n) is 3.30. The number of amides is 1. The highest BCUT2D eigenvalue weighted by molar-refractivity contribution is 6.27. The topological polar surface area (TPSA) is 40.5 Å². The lowest BCUT2D eigenvalue weighted by Gasteiger charge is -2.20. The fourth-order valence-corrected chi connectivity index (χ4v) is 1.46. The van der Waals surface area contributed by atoms with E-state index in [0.717, 1.165) is 12.8 Å². The van der Waals surface area contributed by atoms with Gasteiger partial charge in [0.2, 0.25) is 5.91 Å². The zero-order chi connectivity index (χ0) is 10.8. The van der Waals surface area contributed by atoms with Gasteiger partial charge in [-0.25, -0.2) is 0 Å². The van der Waals surface area contributed by atoms with Crippen LogP contribution in [0.1, 0.15) is 32.6 Å². The van der Waals surface area contributed by atoms with E-state index in [2.05, 4.69) is 6.92 Å². The molecular weight excluding hydrogens is 202 g/mol. The van der Waals surface area contributed by atoms with Gasteiger partial charge in [-0.15, -0.1) is 11.6 Å². The molecule has 0 aromatic heterocycles. The monoisotopic (exact) mass is 221 g/mol. The van der Waals surface area contributed by atoms with Crippen molar-refractivity contribution < 1.29 is 9.90 Å². The molecule has 4 heteroatoms. The summed E-state index contributed by atoms with van der Waals surface area (Å²) in [7, 11) is 0. The van der Waals surface area contributed by atoms with Gasteiger partial charge in [0.15, 0.2) is 0 Å². The van der Waals surface area contributed by atoms with Gasteiger partial charge in [-0.2, -0.15) is 0 Å². The van der Waals surface area contributed by atoms with E-state index in [9.17, 15) is 4.79 Å². The first-order valence-corrected chi connectivity index (χ1v) is 5.74. The quantitative estimate of drug-likeness (QED) is 0.500. The number of carbonyl (C=O) groups is 1. The van der Waals surface area contributed by atoms with Gasteiger partial charge in [0.25, 0.3) is 0 Å². The normalized spacial score (nSPS) is 10.2. The molecule has 84 valence electrons. The fraction of sp³-hybridized carbons (Fsp3) is 0.900. The lowest BCUT2D eigenvalue weighted by molar-refractivity contribution is -0.129. The van der Waals surface area contributed by atoms with Gasteiger partial charge in [0.05, 0.1) is 6.61 Å². The minimum absolute atomic E-state index is 0.00772. The number of halogens is 1. The Morgan fingerprint density at radius 1 is 1.29 bits per heavy atom. The Labute approximate surface area is 91.0 Å². The predicted molar refractivity (Wildman–Crippen MR) is 58.5 cm³/mol. The number of hydrogen-bond acceptors (Lipinski definition) is 2. The van der Waals surface area contributed by atoms with Crippen LogP contribution in [0.4, 0.5) is 0 Å². The van der Waals surface area contributed by atoms with Gasteiger partial charge in [0, 0.05) is 13.1 Å². The Morgan fingerprint density at radius 3 is 2.50 bits per heavy atom. The molecule has 0 aromatic rings. The summed E-state index contributed by atoms with van der Waals surface area (Å²) in [5, 5.41) is 8.75. The molecule has 0 heterocycles. The molecule has 0 spiro atoms. The van der Waals surface area contributed by atoms with Gasteiger partial charge in [0.1, 0.15) is 5.88 Å². The molecule has 0 fully saturated rings. The predicted octanol–water partition coefficient (Wildman–Crippen LogP) is 1.63. The zero-order valence-electron chi connectivity index (χ0n) is 8.84. The standard InChI is InChI=1S/C10H20ClNO2/c1-2-3-4-5-6-12(7-8-13)10(14)9-11/h13H,2-9H2,1H3. The van der Waals surface area contributed by atoms with Crippen LogP contribution in [-0.2, 0) is 4.79 Å². The van der Waals surface area contributed by atoms with Crippen LogP contribution in [0.5, 0.6) is 0 Å². The zero-order valence-corrected chi connectivity index (χ0v) is 9.59. The van der Waals surface area contributed by atoms with Gasteiger partial charge in [-0.05, 0) is 6.42 Å². The van der Waals surface area contributed by atoms with Crippen molar-refractivity contribution in [2.24, 2.45) is 0 Å². The van der Waals surface area contributed by atoms with E-state index >= 15 is 0 Å². The molecule has 0 unspecified atom stereocenters. The number of carbonyl (C=O) groups excluding carboxylic acids is 1. The molecule has 0 aliphatic heterocycles. The molecule has 0 saturated carbocycles. The summed E-state index contributed by atoms with van der Waals surface area (Å²) in [6.07, 6.45) is 4.51. The van der Waals surface area contributed by atoms with Crippen LogP contribution >= 0.6 is 11.6 Å². The average molecular weight is 222 g/mol. The van der Waals surface area contributed by atoms with Gasteiger partial charge >= 0.3 is 0 Å². The number of rotatable bonds is 8. The summed E-state index contributed by atoms with van der Waals surface area (Å²) in [6, 6.07) is 0. The third kappa shape index (κ3) is 6.22. The van der Waals surface area contributed by atoms with E-state index in [1.165, 1.54) is 12.8 Å². The van der Waals surface area contributed by atoms with Crippen LogP contribution < -0.4 is 0 Å². The molecule has 0 atom stereocenters. The number of hydrogen-bond donors (Lipinski definition) is 1. The fourth-order valence-electron chi connectivity index (χ4n) is 1.30. The first-order chi connectivity index (χ1) is 6.76. The maximum Gasteiger partial charge on any atom is 0.237 e. The Bertz CT molecular complexity index is 153. The van der Waals surface area contributed by atoms with E-state index in [1.54, 1.807) is 4.90 Å². The lowest BCUT2D eigenvalue weighted by Crippen LogP contribution is -2.35. The summed E-state index contributed by atoms with van der Waals surface area (Å²) in [6.45, 7) is 3.27. The summed E-state index contributed by atoms with van der Waals surface area (Å²) < 4.78 is 0. The van der Waals surface area contributed by atoms with Crippen molar-refractivity contribution in [3.05, 3.63) is 0 Å². The first kappa shape index (κ1) is 13.7. The van der Waals surface area contributed by atoms with Crippen LogP contribution in [0.15, 0.2) is 0 Å². The number of aliphatic hydroxyl groups excluding tert-OH is 1. The molecule has 0 radical (unpaired) electrons. The number of alkyl halides is 1. The van der Waals surface area contributed by atoms with Crippen molar-refractivity contribution in [2.75, 3.05) is 25.6 Å². The minimum Gasteiger partial charge on any atom is -0.395 e. The van der Waals surface area contributed by atoms with Crippen molar-refractivity contribution in [3.8, 4) is 0 Å². The maximum absolute atomic E-state index is 11.2. The Balaban J connectivity index is 3.67. The molecule has 0 aliphatic carbocycles. The van der Waals surface area contributed by atoms with E-state index < -0.39 is 0 Å². The molecular formula is C10H20ClNO2. The summed E-state index contributed by atoms with van der Waals surface area (Å²) >= 11 is 5.45. The average Bonchev–Trinajstić information content (AvgIpc) is 2.21. The summed E-state index contributed by atoms with van der Waals surface area (Å²) in [5.74, 6) is -0.0782. The molecule has 0 rings (SSSR count). The van der Waals surface area contributed by atoms with E-state index in [1.807, 2.05) is 0 Å². The number of aliphatic hydroxyl groups is 1. The third-order valence-electron chi connectivity index (χ3n) is 2.12. The first-order valence-electron chi connectivity index (χ1n) is 5.20. The molecule has 0 saturated heterocycles. The molecule has 0 aromatic carbocycles. The van der Waals surface area contributed by atoms with Gasteiger partial charge < -0.3 is 10.0 Å². The summed E-state index contributed by atoms with van der Waals surface area (Å²) in [5.41, 5.74) is 0. The maximum atomic E-state index is 11.2. The van der Waals surface area contributed by atoms with Gasteiger partial charge in [-0.3, -0.25) is 4.79 Å². The Hall–Kier alpha value is -0.280. The smallest absolute Gasteiger partial charge is 0.237 e. The van der Waals surface area contributed by atoms with Crippen LogP contribution in [0, 0.1) is 0 Å². The van der Waals surface area contributed by atoms with E-state index in [4.69, 9.17) is 16.7 Å². The largest absolute Gasteiger partial charge is 0.395 e. The van der Waals surface area contributed by atoms with E-state index in [0.29, 0.717) is 13.1 Å². The van der Waals surface area contributed by atoms with Crippen molar-refractivity contribution in [1.29, 1.82) is 0 Å². The second kappa shape index (κ2) is 9.28. The molecule has 3 nitrogen and oxygen atoms in total. The molecule has 1 N–H and O–H groups in total. The van der Waals surface area contributed by atoms with Crippen molar-refractivity contribution in [1.82, 2.24) is 4.90 Å². The molecule has 14 heavy (non-hydrogen) atoms. The third-order valence-corrected chi connectivity index (χ3v) is 2.35. The Kier molecular flexibility index (Phi) is 9.10. The van der Waals surface area contributed by atoms with Crippen LogP contribution in [-0.4, -0.2) is 41.5 Å². The minimum atomic E-state index is -0.0859. The lowest BCUT2D eigenvalue weighted by atomic mass is 10.2. The second-order valence-corrected chi connectivity index (χ2v) is 3.57. The van der Waals surface area contributed by atoms with Crippen LogP contribution in [0.25, 0.3) is 0 Å². The summed E-state index contributed by atoms with van der Waals surface area (Å²) in [4.78, 5) is 12.9. The SMILES string of the molecule is CCCCCCN(CCO)C(=O)CCl. The van der Waals surface area contributed by atoms with Crippen molar-refractivity contribution in [3.63, 3.8) is 0 Å². The molecule has 1 amide bonds. The Morgan fingerprint density at radius 2 is 2.00 bits per heavy atom. The highest BCUT2D eigenvalue weighted by atomic mass is 35.5. The number of unbranched alkanes of at least 4 members (excludes halogenated alkanes) is 3. The van der Waals surface area contributed by atoms with Gasteiger partial charge in [-0.1, -0.05) is 26.2 Å². The van der Waals surface area contributed by atoms with Crippen LogP contribution in [0.2, 0.25) is 0 Å². The van der Waals surface area contributed by atoms with E-state index in [-0.39, 0.29) is 18.4 Å². The van der Waals surface area contributed by atoms with Crippen molar-refractivity contribution in [2.45, 2.75) is 32.6 Å². The highest BCUT2D eigenvalue weighted by Gasteiger charge is 2.10. The highest BCUT2D eigenvalue weighted by Crippen LogP contribution is 2.02.